The molecule has 1 aliphatic rings. The van der Waals surface area contributed by atoms with Crippen molar-refractivity contribution in [2.24, 2.45) is 0 Å². The second-order valence-corrected chi connectivity index (χ2v) is 20.8. The molecular weight excluding hydrogens is 971 g/mol. The molecule has 9 nitrogen and oxygen atoms in total. The second kappa shape index (κ2) is 56.3. The normalized spacial score (nSPS) is 19.7. The fourth-order valence-electron chi connectivity index (χ4n) is 8.81. The summed E-state index contributed by atoms with van der Waals surface area (Å²) in [5.74, 6) is -0.194. The van der Waals surface area contributed by atoms with Gasteiger partial charge in [0.25, 0.3) is 0 Å². The fraction of sp³-hybridized carbons (Fsp3) is 0.638. The quantitative estimate of drug-likeness (QED) is 0.0261. The van der Waals surface area contributed by atoms with E-state index in [0.717, 1.165) is 122 Å². The average Bonchev–Trinajstić information content (AvgIpc) is 3.46. The van der Waals surface area contributed by atoms with Crippen LogP contribution in [0.4, 0.5) is 0 Å². The van der Waals surface area contributed by atoms with Crippen molar-refractivity contribution >= 4 is 5.91 Å². The molecular formula is C69H113NO8. The third-order valence-electron chi connectivity index (χ3n) is 13.7. The van der Waals surface area contributed by atoms with Crippen molar-refractivity contribution in [1.29, 1.82) is 0 Å². The first kappa shape index (κ1) is 72.1. The van der Waals surface area contributed by atoms with Gasteiger partial charge in [-0.3, -0.25) is 4.79 Å². The van der Waals surface area contributed by atoms with Crippen LogP contribution in [-0.4, -0.2) is 87.5 Å². The Balaban J connectivity index is 2.16. The average molecular weight is 1080 g/mol. The SMILES string of the molecule is CC/C=C\C/C=C\C/C=C\C/C=C\C/C=C\C/C=C\C/C=C\C/C=C\C/C=C\C/C=C\C/C=C\CCCCCCCCCC(=O)NC(COC1OC(CO)C(O)C(O)C1O)C(O)/C=C/CCCCCCCCCCCCCC. The minimum absolute atomic E-state index is 0.194. The van der Waals surface area contributed by atoms with E-state index in [4.69, 9.17) is 9.47 Å². The van der Waals surface area contributed by atoms with E-state index in [1.165, 1.54) is 83.5 Å². The van der Waals surface area contributed by atoms with Gasteiger partial charge in [0.1, 0.15) is 24.4 Å². The monoisotopic (exact) mass is 1080 g/mol. The molecule has 0 spiro atoms. The number of hydrogen-bond acceptors (Lipinski definition) is 8. The Bertz CT molecular complexity index is 1730. The molecule has 0 saturated carbocycles. The molecule has 0 aliphatic carbocycles. The molecule has 442 valence electrons. The number of aliphatic hydroxyl groups is 5. The number of unbranched alkanes of at least 4 members (excludes halogenated alkanes) is 19. The number of amides is 1. The molecule has 7 atom stereocenters. The Morgan fingerprint density at radius 3 is 1.18 bits per heavy atom. The maximum atomic E-state index is 13.1. The number of nitrogens with one attached hydrogen (secondary N) is 1. The number of carbonyl (C=O) groups is 1. The standard InChI is InChI=1S/C69H113NO8/c1-3-5-7-9-11-13-15-17-19-20-21-22-23-24-25-26-27-28-29-30-31-32-33-34-35-36-37-38-39-40-41-42-43-44-45-47-49-51-53-55-57-59-65(73)70-62(61-77-69-68(76)67(75)66(74)64(60-71)78-69)63(72)58-56-54-52-50-48-46-18-16-14-12-10-8-6-4-2/h5,7,11,13,17,19,21-22,24-25,27-28,30-31,33-34,36-37,39-40,42-43,56,58,62-64,66-69,71-72,74-76H,3-4,6,8-10,12,14-16,18,20,23,26,29,32,35,38,41,44-55,57,59-61H2,1-2H3,(H,70,73)/b7-5-,13-11-,19-17-,22-21-,25-24-,28-27-,31-30-,34-33-,37-36-,40-39-,43-42-,58-56+. The van der Waals surface area contributed by atoms with Crippen LogP contribution in [0.3, 0.4) is 0 Å². The van der Waals surface area contributed by atoms with Gasteiger partial charge < -0.3 is 40.3 Å². The highest BCUT2D eigenvalue weighted by Crippen LogP contribution is 2.23. The fourth-order valence-corrected chi connectivity index (χ4v) is 8.81. The lowest BCUT2D eigenvalue weighted by molar-refractivity contribution is -0.302. The van der Waals surface area contributed by atoms with E-state index >= 15 is 0 Å². The summed E-state index contributed by atoms with van der Waals surface area (Å²) in [4.78, 5) is 13.1. The highest BCUT2D eigenvalue weighted by atomic mass is 16.7. The van der Waals surface area contributed by atoms with Crippen molar-refractivity contribution in [3.63, 3.8) is 0 Å². The zero-order valence-corrected chi connectivity index (χ0v) is 49.1. The van der Waals surface area contributed by atoms with Crippen LogP contribution in [0.5, 0.6) is 0 Å². The van der Waals surface area contributed by atoms with Crippen LogP contribution in [0.2, 0.25) is 0 Å². The first-order valence-corrected chi connectivity index (χ1v) is 31.1. The number of aliphatic hydroxyl groups excluding tert-OH is 5. The van der Waals surface area contributed by atoms with Gasteiger partial charge in [-0.1, -0.05) is 262 Å². The van der Waals surface area contributed by atoms with Crippen molar-refractivity contribution in [3.05, 3.63) is 146 Å². The smallest absolute Gasteiger partial charge is 0.220 e. The number of carbonyl (C=O) groups excluding carboxylic acids is 1. The van der Waals surface area contributed by atoms with Crippen LogP contribution < -0.4 is 5.32 Å². The van der Waals surface area contributed by atoms with Crippen LogP contribution >= 0.6 is 0 Å². The van der Waals surface area contributed by atoms with Crippen LogP contribution in [0.15, 0.2) is 146 Å². The number of ether oxygens (including phenoxy) is 2. The van der Waals surface area contributed by atoms with Gasteiger partial charge >= 0.3 is 0 Å². The van der Waals surface area contributed by atoms with Gasteiger partial charge in [-0.2, -0.15) is 0 Å². The van der Waals surface area contributed by atoms with Gasteiger partial charge in [0.15, 0.2) is 6.29 Å². The van der Waals surface area contributed by atoms with E-state index in [9.17, 15) is 30.3 Å². The summed E-state index contributed by atoms with van der Waals surface area (Å²) in [5, 5.41) is 54.5. The van der Waals surface area contributed by atoms with Crippen molar-refractivity contribution in [2.75, 3.05) is 13.2 Å². The van der Waals surface area contributed by atoms with Crippen molar-refractivity contribution in [1.82, 2.24) is 5.32 Å². The van der Waals surface area contributed by atoms with E-state index in [1.54, 1.807) is 6.08 Å². The molecule has 7 unspecified atom stereocenters. The molecule has 0 aromatic carbocycles. The molecule has 1 rings (SSSR count). The zero-order valence-electron chi connectivity index (χ0n) is 49.1. The molecule has 0 aromatic heterocycles. The van der Waals surface area contributed by atoms with E-state index in [2.05, 4.69) is 153 Å². The Labute approximate surface area is 476 Å². The largest absolute Gasteiger partial charge is 0.394 e. The minimum Gasteiger partial charge on any atom is -0.394 e. The highest BCUT2D eigenvalue weighted by Gasteiger charge is 2.44. The number of hydrogen-bond donors (Lipinski definition) is 6. The Morgan fingerprint density at radius 2 is 0.795 bits per heavy atom. The number of allylic oxidation sites excluding steroid dienone is 23. The summed E-state index contributed by atoms with van der Waals surface area (Å²) in [6.07, 6.45) is 80.6. The number of rotatable bonds is 51. The summed E-state index contributed by atoms with van der Waals surface area (Å²) in [6, 6.07) is -0.821. The minimum atomic E-state index is -1.58. The maximum absolute atomic E-state index is 13.1. The molecule has 1 saturated heterocycles. The van der Waals surface area contributed by atoms with Crippen LogP contribution in [0.25, 0.3) is 0 Å². The lowest BCUT2D eigenvalue weighted by Gasteiger charge is -2.40. The molecule has 9 heteroatoms. The summed E-state index contributed by atoms with van der Waals surface area (Å²) in [5.41, 5.74) is 0. The van der Waals surface area contributed by atoms with Gasteiger partial charge in [-0.15, -0.1) is 0 Å². The topological polar surface area (TPSA) is 149 Å². The van der Waals surface area contributed by atoms with Gasteiger partial charge in [-0.05, 0) is 103 Å². The Kier molecular flexibility index (Phi) is 52.1. The molecule has 0 aromatic rings. The van der Waals surface area contributed by atoms with E-state index in [0.29, 0.717) is 6.42 Å². The van der Waals surface area contributed by atoms with Crippen LogP contribution in [0.1, 0.15) is 226 Å². The van der Waals surface area contributed by atoms with Crippen molar-refractivity contribution < 1.29 is 39.8 Å². The van der Waals surface area contributed by atoms with E-state index in [1.807, 2.05) is 6.08 Å². The van der Waals surface area contributed by atoms with Gasteiger partial charge in [0.2, 0.25) is 5.91 Å². The van der Waals surface area contributed by atoms with Gasteiger partial charge in [-0.25, -0.2) is 0 Å². The summed E-state index contributed by atoms with van der Waals surface area (Å²) in [7, 11) is 0. The van der Waals surface area contributed by atoms with Crippen molar-refractivity contribution in [3.8, 4) is 0 Å². The molecule has 6 N–H and O–H groups in total. The maximum Gasteiger partial charge on any atom is 0.220 e. The summed E-state index contributed by atoms with van der Waals surface area (Å²) >= 11 is 0. The predicted molar refractivity (Wildman–Crippen MR) is 331 cm³/mol. The van der Waals surface area contributed by atoms with Crippen LogP contribution in [0, 0.1) is 0 Å². The van der Waals surface area contributed by atoms with Crippen molar-refractivity contribution in [2.45, 2.75) is 269 Å². The summed E-state index contributed by atoms with van der Waals surface area (Å²) in [6.45, 7) is 3.64. The molecule has 1 heterocycles. The van der Waals surface area contributed by atoms with Gasteiger partial charge in [0, 0.05) is 6.42 Å². The molecule has 1 fully saturated rings. The van der Waals surface area contributed by atoms with Gasteiger partial charge in [0.05, 0.1) is 25.4 Å². The third-order valence-corrected chi connectivity index (χ3v) is 13.7. The second-order valence-electron chi connectivity index (χ2n) is 20.8. The molecule has 0 bridgehead atoms. The Hall–Kier alpha value is -3.93. The lowest BCUT2D eigenvalue weighted by atomic mass is 9.99. The third kappa shape index (κ3) is 44.9. The first-order valence-electron chi connectivity index (χ1n) is 31.1. The Morgan fingerprint density at radius 1 is 0.449 bits per heavy atom. The lowest BCUT2D eigenvalue weighted by Crippen LogP contribution is -2.60. The molecule has 0 radical (unpaired) electrons. The van der Waals surface area contributed by atoms with E-state index < -0.39 is 49.5 Å². The predicted octanol–water partition coefficient (Wildman–Crippen LogP) is 16.2. The zero-order chi connectivity index (χ0) is 56.5. The molecule has 1 amide bonds. The van der Waals surface area contributed by atoms with E-state index in [-0.39, 0.29) is 12.5 Å². The van der Waals surface area contributed by atoms with Crippen LogP contribution in [-0.2, 0) is 14.3 Å². The summed E-state index contributed by atoms with van der Waals surface area (Å²) < 4.78 is 11.3. The molecule has 78 heavy (non-hydrogen) atoms. The highest BCUT2D eigenvalue weighted by molar-refractivity contribution is 5.76. The first-order chi connectivity index (χ1) is 38.3. The molecule has 1 aliphatic heterocycles.